The highest BCUT2D eigenvalue weighted by molar-refractivity contribution is 9.09. The second kappa shape index (κ2) is 26.0. The van der Waals surface area contributed by atoms with Gasteiger partial charge in [-0.25, -0.2) is 14.4 Å². The van der Waals surface area contributed by atoms with Gasteiger partial charge in [0.2, 0.25) is 5.91 Å². The van der Waals surface area contributed by atoms with E-state index in [1.807, 2.05) is 60.7 Å². The van der Waals surface area contributed by atoms with Gasteiger partial charge in [-0.1, -0.05) is 92.5 Å². The van der Waals surface area contributed by atoms with Gasteiger partial charge in [-0.2, -0.15) is 0 Å². The summed E-state index contributed by atoms with van der Waals surface area (Å²) in [5.74, 6) is -1.69. The summed E-state index contributed by atoms with van der Waals surface area (Å²) in [5.41, 5.74) is 7.51. The minimum atomic E-state index is -0.974. The fourth-order valence-electron chi connectivity index (χ4n) is 7.40. The minimum Gasteiger partial charge on any atom is -0.443 e. The number of benzene rings is 2. The van der Waals surface area contributed by atoms with Crippen LogP contribution in [-0.2, 0) is 65.3 Å². The van der Waals surface area contributed by atoms with E-state index in [1.165, 1.54) is 0 Å². The molecule has 20 nitrogen and oxygen atoms in total. The Morgan fingerprint density at radius 3 is 1.62 bits per heavy atom. The number of halogens is 2. The first-order valence-corrected chi connectivity index (χ1v) is 23.1. The average Bonchev–Trinajstić information content (AvgIpc) is 4.16. The third-order valence-electron chi connectivity index (χ3n) is 10.8. The molecular weight excluding hydrogens is 974 g/mol. The van der Waals surface area contributed by atoms with Crippen LogP contribution in [-0.4, -0.2) is 150 Å². The van der Waals surface area contributed by atoms with Crippen LogP contribution in [0.5, 0.6) is 0 Å². The Morgan fingerprint density at radius 1 is 0.719 bits per heavy atom. The molecule has 0 aliphatic carbocycles. The Kier molecular flexibility index (Phi) is 20.6. The number of amides is 5. The maximum Gasteiger partial charge on any atom is 0.407 e. The lowest BCUT2D eigenvalue weighted by Crippen LogP contribution is -2.50. The molecule has 0 radical (unpaired) electrons. The van der Waals surface area contributed by atoms with Crippen molar-refractivity contribution in [1.29, 1.82) is 0 Å². The van der Waals surface area contributed by atoms with E-state index in [9.17, 15) is 39.0 Å². The summed E-state index contributed by atoms with van der Waals surface area (Å²) in [6.45, 7) is 1.94. The molecule has 5 heterocycles. The third-order valence-corrected chi connectivity index (χ3v) is 11.8. The number of fused-ring (bicyclic) bond motifs is 2. The lowest BCUT2D eigenvalue weighted by molar-refractivity contribution is -0.195. The molecule has 5 saturated heterocycles. The zero-order valence-electron chi connectivity index (χ0n) is 34.9. The van der Waals surface area contributed by atoms with Crippen molar-refractivity contribution in [3.05, 3.63) is 71.8 Å². The van der Waals surface area contributed by atoms with Gasteiger partial charge in [-0.05, 0) is 36.8 Å². The highest BCUT2D eigenvalue weighted by atomic mass is 79.9. The number of rotatable bonds is 16. The minimum absolute atomic E-state index is 0.0211. The summed E-state index contributed by atoms with van der Waals surface area (Å²) in [5, 5.41) is 29.3. The molecule has 0 spiro atoms. The van der Waals surface area contributed by atoms with Crippen LogP contribution in [0.15, 0.2) is 60.7 Å². The normalized spacial score (nSPS) is 24.9. The molecule has 7 N–H and O–H groups in total. The van der Waals surface area contributed by atoms with Gasteiger partial charge in [-0.3, -0.25) is 14.4 Å². The monoisotopic (exact) mass is 1030 g/mol. The fourth-order valence-corrected chi connectivity index (χ4v) is 7.70. The van der Waals surface area contributed by atoms with E-state index in [1.54, 1.807) is 0 Å². The smallest absolute Gasteiger partial charge is 0.407 e. The van der Waals surface area contributed by atoms with E-state index in [2.05, 4.69) is 52.6 Å². The van der Waals surface area contributed by atoms with Crippen LogP contribution in [0.4, 0.5) is 9.59 Å². The van der Waals surface area contributed by atoms with Crippen LogP contribution in [0.3, 0.4) is 0 Å². The van der Waals surface area contributed by atoms with Crippen LogP contribution < -0.4 is 21.7 Å². The first kappa shape index (κ1) is 50.7. The van der Waals surface area contributed by atoms with Gasteiger partial charge in [0.05, 0.1) is 67.9 Å². The molecule has 0 aromatic heterocycles. The topological polar surface area (TPSA) is 273 Å². The molecule has 0 unspecified atom stereocenters. The predicted molar refractivity (Wildman–Crippen MR) is 231 cm³/mol. The van der Waals surface area contributed by atoms with Crippen LogP contribution in [0.2, 0.25) is 0 Å². The molecule has 5 fully saturated rings. The molecule has 0 bridgehead atoms. The van der Waals surface area contributed by atoms with E-state index in [0.29, 0.717) is 44.3 Å². The number of carbonyl (C=O) groups is 6. The standard InChI is InChI=1S/C19H25BrN2O6.C17H24N2O5.C6H6BrNO4/c20-9-17(24)21-10-15(23)14(8-12-4-2-1-3-5-12)22-19(25)28-16-11-27-18-13(16)6-7-26-18;18-9-14(20)13(8-11-4-2-1-3-5-11)19-17(21)24-15-10-23-16-12(15)6-7-22-16;7-3-6(11)12-8-4(9)1-2-5(8)10/h1-5,13-16,18,23H,6-11H2,(H,21,24)(H,22,25);1-5,12-16,20H,6-10,18H2,(H,19,21);1-3H2/t13-,14-,15+,16-,18+;12-,13-,14+,15-,16+;/m00./s1. The second-order valence-electron chi connectivity index (χ2n) is 15.3. The lowest BCUT2D eigenvalue weighted by Gasteiger charge is -2.25. The number of imide groups is 1. The summed E-state index contributed by atoms with van der Waals surface area (Å²) in [7, 11) is 0. The number of hydrogen-bond acceptors (Lipinski definition) is 16. The quantitative estimate of drug-likeness (QED) is 0.102. The molecule has 2 aromatic rings. The molecule has 5 aliphatic heterocycles. The number of ether oxygens (including phenoxy) is 6. The van der Waals surface area contributed by atoms with Gasteiger partial charge in [0.1, 0.15) is 17.5 Å². The zero-order chi connectivity index (χ0) is 46.0. The number of aliphatic hydroxyl groups excluding tert-OH is 2. The molecule has 5 aliphatic rings. The molecule has 64 heavy (non-hydrogen) atoms. The number of nitrogens with one attached hydrogen (secondary N) is 3. The number of hydrogen-bond donors (Lipinski definition) is 6. The molecule has 352 valence electrons. The highest BCUT2D eigenvalue weighted by Gasteiger charge is 2.45. The number of aliphatic hydroxyl groups is 2. The molecule has 10 atom stereocenters. The summed E-state index contributed by atoms with van der Waals surface area (Å²) < 4.78 is 32.8. The van der Waals surface area contributed by atoms with Gasteiger partial charge >= 0.3 is 18.2 Å². The van der Waals surface area contributed by atoms with Gasteiger partial charge in [0, 0.05) is 25.9 Å². The SMILES string of the molecule is NC[C@@H](O)[C@H](Cc1ccccc1)NC(=O)O[C@H]1CO[C@H]2OCC[C@H]21.O=C(CBr)NC[C@@H](O)[C@H](Cc1ccccc1)NC(=O)O[C@H]1CO[C@H]2OCC[C@H]21.O=C(CBr)ON1C(=O)CCC1=O. The van der Waals surface area contributed by atoms with E-state index < -0.39 is 54.3 Å². The highest BCUT2D eigenvalue weighted by Crippen LogP contribution is 2.34. The third kappa shape index (κ3) is 15.4. The number of carbonyl (C=O) groups excluding carboxylic acids is 6. The molecule has 7 rings (SSSR count). The summed E-state index contributed by atoms with van der Waals surface area (Å²) in [6.07, 6.45) is -1.53. The number of nitrogens with zero attached hydrogens (tertiary/aromatic N) is 1. The van der Waals surface area contributed by atoms with Crippen molar-refractivity contribution in [1.82, 2.24) is 21.0 Å². The summed E-state index contributed by atoms with van der Waals surface area (Å²) in [6, 6.07) is 18.0. The van der Waals surface area contributed by atoms with Gasteiger partial charge < -0.3 is 65.2 Å². The number of nitrogens with two attached hydrogens (primary N) is 1. The number of alkyl halides is 2. The van der Waals surface area contributed by atoms with Crippen molar-refractivity contribution >= 4 is 67.7 Å². The van der Waals surface area contributed by atoms with E-state index in [0.717, 1.165) is 24.0 Å². The first-order valence-electron chi connectivity index (χ1n) is 20.9. The molecule has 22 heteroatoms. The zero-order valence-corrected chi connectivity index (χ0v) is 38.1. The van der Waals surface area contributed by atoms with Crippen molar-refractivity contribution in [3.8, 4) is 0 Å². The van der Waals surface area contributed by atoms with Gasteiger partial charge in [0.15, 0.2) is 12.6 Å². The molecule has 5 amide bonds. The maximum atomic E-state index is 12.5. The average molecular weight is 1030 g/mol. The van der Waals surface area contributed by atoms with Crippen LogP contribution in [0.1, 0.15) is 36.8 Å². The summed E-state index contributed by atoms with van der Waals surface area (Å²) in [4.78, 5) is 72.9. The lowest BCUT2D eigenvalue weighted by atomic mass is 10.0. The van der Waals surface area contributed by atoms with Crippen molar-refractivity contribution in [2.24, 2.45) is 17.6 Å². The Bertz CT molecular complexity index is 1820. The first-order chi connectivity index (χ1) is 30.9. The van der Waals surface area contributed by atoms with Crippen LogP contribution >= 0.6 is 31.9 Å². The Morgan fingerprint density at radius 2 is 1.19 bits per heavy atom. The number of hydroxylamine groups is 2. The van der Waals surface area contributed by atoms with E-state index in [-0.39, 0.29) is 79.1 Å². The van der Waals surface area contributed by atoms with Gasteiger partial charge in [-0.15, -0.1) is 5.06 Å². The molecular formula is C42H55Br2N5O15. The Balaban J connectivity index is 0.000000194. The molecule has 0 saturated carbocycles. The fraction of sp³-hybridized carbons (Fsp3) is 0.571. The van der Waals surface area contributed by atoms with Crippen molar-refractivity contribution < 1.29 is 72.2 Å². The number of alkyl carbamates (subject to hydrolysis) is 2. The van der Waals surface area contributed by atoms with E-state index in [4.69, 9.17) is 34.2 Å². The molecule has 2 aromatic carbocycles. The Hall–Kier alpha value is -4.26. The van der Waals surface area contributed by atoms with Crippen LogP contribution in [0, 0.1) is 11.8 Å². The van der Waals surface area contributed by atoms with Crippen molar-refractivity contribution in [2.75, 3.05) is 50.2 Å². The maximum absolute atomic E-state index is 12.5. The van der Waals surface area contributed by atoms with Crippen LogP contribution in [0.25, 0.3) is 0 Å². The van der Waals surface area contributed by atoms with Gasteiger partial charge in [0.25, 0.3) is 11.8 Å². The largest absolute Gasteiger partial charge is 0.443 e. The predicted octanol–water partition coefficient (Wildman–Crippen LogP) is 1.35. The van der Waals surface area contributed by atoms with E-state index >= 15 is 0 Å². The summed E-state index contributed by atoms with van der Waals surface area (Å²) >= 11 is 5.90. The Labute approximate surface area is 386 Å². The second-order valence-corrected chi connectivity index (χ2v) is 16.4. The van der Waals surface area contributed by atoms with Crippen molar-refractivity contribution in [3.63, 3.8) is 0 Å². The van der Waals surface area contributed by atoms with Crippen molar-refractivity contribution in [2.45, 2.75) is 87.6 Å².